The van der Waals surface area contributed by atoms with Crippen molar-refractivity contribution < 1.29 is 48.4 Å². The lowest BCUT2D eigenvalue weighted by Gasteiger charge is -2.21. The van der Waals surface area contributed by atoms with E-state index < -0.39 is 55.7 Å². The fourth-order valence-electron chi connectivity index (χ4n) is 3.64. The molecule has 0 atom stereocenters. The first-order valence-electron chi connectivity index (χ1n) is 11.1. The van der Waals surface area contributed by atoms with Gasteiger partial charge in [0, 0.05) is 35.1 Å². The van der Waals surface area contributed by atoms with Gasteiger partial charge in [0.05, 0.1) is 0 Å². The average Bonchev–Trinajstić information content (AvgIpc) is 2.85. The molecule has 196 valence electrons. The summed E-state index contributed by atoms with van der Waals surface area (Å²) in [5.41, 5.74) is 0.0252. The SMILES string of the molecule is O=C(O)CN(Cc1cccc(CNC(=O)c2ccc(B(O)O)c(F)c2)c1)C(=O)c1ccc(B(O)O)c(F)c1. The van der Waals surface area contributed by atoms with Gasteiger partial charge in [-0.1, -0.05) is 36.4 Å². The third-order valence-electron chi connectivity index (χ3n) is 5.50. The zero-order chi connectivity index (χ0) is 28.0. The summed E-state index contributed by atoms with van der Waals surface area (Å²) in [6.07, 6.45) is 0. The summed E-state index contributed by atoms with van der Waals surface area (Å²) in [7, 11) is -4.10. The molecule has 0 aliphatic heterocycles. The van der Waals surface area contributed by atoms with Crippen molar-refractivity contribution in [2.45, 2.75) is 13.1 Å². The van der Waals surface area contributed by atoms with E-state index in [2.05, 4.69) is 5.32 Å². The molecule has 3 aromatic rings. The molecule has 38 heavy (non-hydrogen) atoms. The Balaban J connectivity index is 1.72. The molecule has 0 saturated heterocycles. The Hall–Kier alpha value is -4.10. The summed E-state index contributed by atoms with van der Waals surface area (Å²) in [5.74, 6) is -4.74. The number of rotatable bonds is 10. The molecular formula is C24H22B2F2N2O8. The van der Waals surface area contributed by atoms with Crippen molar-refractivity contribution in [3.05, 3.63) is 94.6 Å². The number of nitrogens with zero attached hydrogens (tertiary/aromatic N) is 1. The van der Waals surface area contributed by atoms with Gasteiger partial charge in [0.15, 0.2) is 0 Å². The number of carboxylic acids is 1. The summed E-state index contributed by atoms with van der Waals surface area (Å²) in [5, 5.41) is 48.3. The third kappa shape index (κ3) is 7.23. The summed E-state index contributed by atoms with van der Waals surface area (Å²) in [4.78, 5) is 37.6. The van der Waals surface area contributed by atoms with Crippen LogP contribution < -0.4 is 16.2 Å². The van der Waals surface area contributed by atoms with Gasteiger partial charge in [-0.25, -0.2) is 8.78 Å². The summed E-state index contributed by atoms with van der Waals surface area (Å²) in [6, 6.07) is 12.6. The summed E-state index contributed by atoms with van der Waals surface area (Å²) >= 11 is 0. The predicted molar refractivity (Wildman–Crippen MR) is 132 cm³/mol. The van der Waals surface area contributed by atoms with Crippen molar-refractivity contribution in [3.63, 3.8) is 0 Å². The minimum atomic E-state index is -2.08. The maximum Gasteiger partial charge on any atom is 0.491 e. The lowest BCUT2D eigenvalue weighted by molar-refractivity contribution is -0.137. The average molecular weight is 526 g/mol. The lowest BCUT2D eigenvalue weighted by Crippen LogP contribution is -2.36. The van der Waals surface area contributed by atoms with Gasteiger partial charge in [0.2, 0.25) is 0 Å². The molecule has 0 aromatic heterocycles. The number of halogens is 2. The van der Waals surface area contributed by atoms with Gasteiger partial charge >= 0.3 is 20.2 Å². The van der Waals surface area contributed by atoms with Crippen LogP contribution in [-0.2, 0) is 17.9 Å². The van der Waals surface area contributed by atoms with Gasteiger partial charge < -0.3 is 35.4 Å². The smallest absolute Gasteiger partial charge is 0.480 e. The zero-order valence-corrected chi connectivity index (χ0v) is 19.7. The molecule has 6 N–H and O–H groups in total. The van der Waals surface area contributed by atoms with E-state index in [9.17, 15) is 28.3 Å². The van der Waals surface area contributed by atoms with Crippen LogP contribution in [0.1, 0.15) is 31.8 Å². The van der Waals surface area contributed by atoms with E-state index in [0.717, 1.165) is 35.2 Å². The number of aliphatic carboxylic acids is 1. The number of hydrogen-bond donors (Lipinski definition) is 6. The molecular weight excluding hydrogens is 504 g/mol. The fraction of sp³-hybridized carbons (Fsp3) is 0.125. The largest absolute Gasteiger partial charge is 0.491 e. The van der Waals surface area contributed by atoms with E-state index in [1.54, 1.807) is 24.3 Å². The highest BCUT2D eigenvalue weighted by molar-refractivity contribution is 6.59. The molecule has 0 radical (unpaired) electrons. The van der Waals surface area contributed by atoms with Crippen molar-refractivity contribution in [3.8, 4) is 0 Å². The Morgan fingerprint density at radius 3 is 1.89 bits per heavy atom. The maximum atomic E-state index is 14.1. The van der Waals surface area contributed by atoms with Crippen LogP contribution in [0.2, 0.25) is 0 Å². The van der Waals surface area contributed by atoms with Crippen LogP contribution in [0, 0.1) is 11.6 Å². The Morgan fingerprint density at radius 2 is 1.34 bits per heavy atom. The van der Waals surface area contributed by atoms with E-state index in [1.165, 1.54) is 6.07 Å². The number of hydrogen-bond acceptors (Lipinski definition) is 7. The molecule has 3 rings (SSSR count). The number of amides is 2. The van der Waals surface area contributed by atoms with Gasteiger partial charge in [-0.2, -0.15) is 0 Å². The fourth-order valence-corrected chi connectivity index (χ4v) is 3.64. The predicted octanol–water partition coefficient (Wildman–Crippen LogP) is -1.02. The molecule has 2 amide bonds. The molecule has 0 spiro atoms. The van der Waals surface area contributed by atoms with Crippen LogP contribution in [-0.4, -0.2) is 68.7 Å². The van der Waals surface area contributed by atoms with E-state index in [-0.39, 0.29) is 29.7 Å². The first-order valence-corrected chi connectivity index (χ1v) is 11.1. The first-order chi connectivity index (χ1) is 18.0. The zero-order valence-electron chi connectivity index (χ0n) is 19.7. The van der Waals surface area contributed by atoms with Gasteiger partial charge in [-0.15, -0.1) is 0 Å². The van der Waals surface area contributed by atoms with Crippen LogP contribution in [0.5, 0.6) is 0 Å². The second-order valence-electron chi connectivity index (χ2n) is 8.28. The third-order valence-corrected chi connectivity index (χ3v) is 5.50. The van der Waals surface area contributed by atoms with Crippen molar-refractivity contribution in [2.75, 3.05) is 6.54 Å². The van der Waals surface area contributed by atoms with Gasteiger partial charge in [-0.3, -0.25) is 14.4 Å². The van der Waals surface area contributed by atoms with E-state index >= 15 is 0 Å². The van der Waals surface area contributed by atoms with Crippen LogP contribution in [0.25, 0.3) is 0 Å². The molecule has 14 heteroatoms. The Morgan fingerprint density at radius 1 is 0.789 bits per heavy atom. The maximum absolute atomic E-state index is 14.1. The quantitative estimate of drug-likeness (QED) is 0.183. The van der Waals surface area contributed by atoms with Crippen LogP contribution in [0.4, 0.5) is 8.78 Å². The van der Waals surface area contributed by atoms with Gasteiger partial charge in [-0.05, 0) is 35.4 Å². The van der Waals surface area contributed by atoms with Crippen molar-refractivity contribution in [2.24, 2.45) is 0 Å². The molecule has 3 aromatic carbocycles. The molecule has 0 fully saturated rings. The molecule has 0 aliphatic carbocycles. The first kappa shape index (κ1) is 28.5. The Kier molecular flexibility index (Phi) is 9.31. The van der Waals surface area contributed by atoms with E-state index in [1.807, 2.05) is 0 Å². The van der Waals surface area contributed by atoms with E-state index in [4.69, 9.17) is 20.1 Å². The summed E-state index contributed by atoms with van der Waals surface area (Å²) < 4.78 is 28.1. The highest BCUT2D eigenvalue weighted by Crippen LogP contribution is 2.13. The minimum absolute atomic E-state index is 0.00169. The summed E-state index contributed by atoms with van der Waals surface area (Å²) in [6.45, 7) is -0.868. The van der Waals surface area contributed by atoms with Gasteiger partial charge in [0.25, 0.3) is 11.8 Å². The number of carboxylic acid groups (broad SMARTS) is 1. The van der Waals surface area contributed by atoms with E-state index in [0.29, 0.717) is 11.1 Å². The van der Waals surface area contributed by atoms with Crippen LogP contribution in [0.15, 0.2) is 60.7 Å². The van der Waals surface area contributed by atoms with Crippen LogP contribution in [0.3, 0.4) is 0 Å². The standard InChI is InChI=1S/C24H22B2F2N2O8/c27-20-9-16(4-6-18(20)25(35)36)23(33)29-11-14-2-1-3-15(8-14)12-30(13-22(31)32)24(34)17-5-7-19(26(37)38)21(28)10-17/h1-10,35-38H,11-13H2,(H,29,33)(H,31,32). The Labute approximate surface area is 216 Å². The molecule has 10 nitrogen and oxygen atoms in total. The molecule has 0 unspecified atom stereocenters. The topological polar surface area (TPSA) is 168 Å². The van der Waals surface area contributed by atoms with Crippen molar-refractivity contribution >= 4 is 42.9 Å². The van der Waals surface area contributed by atoms with Crippen molar-refractivity contribution in [1.29, 1.82) is 0 Å². The molecule has 0 saturated carbocycles. The van der Waals surface area contributed by atoms with Gasteiger partial charge in [0.1, 0.15) is 18.2 Å². The molecule has 0 bridgehead atoms. The lowest BCUT2D eigenvalue weighted by atomic mass is 9.79. The second kappa shape index (κ2) is 12.4. The number of carbonyl (C=O) groups excluding carboxylic acids is 2. The molecule has 0 aliphatic rings. The van der Waals surface area contributed by atoms with Crippen molar-refractivity contribution in [1.82, 2.24) is 10.2 Å². The highest BCUT2D eigenvalue weighted by Gasteiger charge is 2.23. The monoisotopic (exact) mass is 526 g/mol. The Bertz CT molecular complexity index is 1360. The normalized spacial score (nSPS) is 10.6. The number of benzene rings is 3. The van der Waals surface area contributed by atoms with Crippen LogP contribution >= 0.6 is 0 Å². The second-order valence-corrected chi connectivity index (χ2v) is 8.28. The molecule has 0 heterocycles. The minimum Gasteiger partial charge on any atom is -0.480 e. The number of carbonyl (C=O) groups is 3. The highest BCUT2D eigenvalue weighted by atomic mass is 19.1. The number of nitrogens with one attached hydrogen (secondary N) is 1.